The third-order valence-electron chi connectivity index (χ3n) is 3.62. The molecule has 1 atom stereocenters. The monoisotopic (exact) mass is 247 g/mol. The number of nitrogen functional groups attached to an aromatic ring is 1. The Bertz CT molecular complexity index is 530. The van der Waals surface area contributed by atoms with Crippen molar-refractivity contribution in [2.75, 3.05) is 11.1 Å². The van der Waals surface area contributed by atoms with Crippen LogP contribution in [-0.2, 0) is 0 Å². The number of aromatic nitrogens is 1. The van der Waals surface area contributed by atoms with E-state index < -0.39 is 0 Å². The standard InChI is InChI=1S/C13H17N3S/c1-8(9-3-2-4-9)15-13-16-11-6-5-10(14)7-12(11)17-13/h5-9H,2-4,14H2,1H3,(H,15,16). The largest absolute Gasteiger partial charge is 0.399 e. The zero-order valence-electron chi connectivity index (χ0n) is 9.94. The fourth-order valence-corrected chi connectivity index (χ4v) is 3.27. The van der Waals surface area contributed by atoms with Gasteiger partial charge in [-0.3, -0.25) is 0 Å². The summed E-state index contributed by atoms with van der Waals surface area (Å²) in [6.45, 7) is 2.25. The average molecular weight is 247 g/mol. The van der Waals surface area contributed by atoms with Crippen molar-refractivity contribution in [2.24, 2.45) is 5.92 Å². The van der Waals surface area contributed by atoms with Gasteiger partial charge in [0.1, 0.15) is 0 Å². The van der Waals surface area contributed by atoms with Crippen molar-refractivity contribution in [2.45, 2.75) is 32.2 Å². The van der Waals surface area contributed by atoms with Gasteiger partial charge in [-0.25, -0.2) is 4.98 Å². The molecule has 1 saturated carbocycles. The van der Waals surface area contributed by atoms with Crippen LogP contribution in [0.15, 0.2) is 18.2 Å². The lowest BCUT2D eigenvalue weighted by molar-refractivity contribution is 0.285. The van der Waals surface area contributed by atoms with Crippen molar-refractivity contribution < 1.29 is 0 Å². The van der Waals surface area contributed by atoms with Crippen LogP contribution in [0.25, 0.3) is 10.2 Å². The lowest BCUT2D eigenvalue weighted by Crippen LogP contribution is -2.30. The van der Waals surface area contributed by atoms with Crippen LogP contribution in [0.4, 0.5) is 10.8 Å². The Morgan fingerprint density at radius 3 is 3.00 bits per heavy atom. The molecule has 0 amide bonds. The summed E-state index contributed by atoms with van der Waals surface area (Å²) in [4.78, 5) is 4.59. The zero-order valence-corrected chi connectivity index (χ0v) is 10.8. The number of rotatable bonds is 3. The minimum absolute atomic E-state index is 0.529. The first kappa shape index (κ1) is 10.8. The van der Waals surface area contributed by atoms with Gasteiger partial charge in [-0.05, 0) is 43.9 Å². The molecule has 4 heteroatoms. The molecular formula is C13H17N3S. The first-order valence-electron chi connectivity index (χ1n) is 6.15. The third kappa shape index (κ3) is 2.09. The number of nitrogens with two attached hydrogens (primary N) is 1. The lowest BCUT2D eigenvalue weighted by atomic mass is 9.80. The van der Waals surface area contributed by atoms with Crippen LogP contribution < -0.4 is 11.1 Å². The smallest absolute Gasteiger partial charge is 0.184 e. The van der Waals surface area contributed by atoms with Gasteiger partial charge in [0.2, 0.25) is 0 Å². The maximum absolute atomic E-state index is 5.77. The Kier molecular flexibility index (Phi) is 2.67. The summed E-state index contributed by atoms with van der Waals surface area (Å²) in [5.41, 5.74) is 7.61. The fraction of sp³-hybridized carbons (Fsp3) is 0.462. The molecule has 1 aromatic carbocycles. The number of fused-ring (bicyclic) bond motifs is 1. The van der Waals surface area contributed by atoms with Gasteiger partial charge in [0.05, 0.1) is 10.2 Å². The summed E-state index contributed by atoms with van der Waals surface area (Å²) in [5, 5.41) is 4.54. The number of thiazole rings is 1. The molecule has 1 fully saturated rings. The van der Waals surface area contributed by atoms with Gasteiger partial charge in [0, 0.05) is 11.7 Å². The summed E-state index contributed by atoms with van der Waals surface area (Å²) >= 11 is 1.69. The molecule has 0 spiro atoms. The normalized spacial score (nSPS) is 17.9. The minimum atomic E-state index is 0.529. The van der Waals surface area contributed by atoms with Gasteiger partial charge in [-0.1, -0.05) is 17.8 Å². The average Bonchev–Trinajstić information content (AvgIpc) is 2.55. The summed E-state index contributed by atoms with van der Waals surface area (Å²) in [6.07, 6.45) is 4.09. The van der Waals surface area contributed by atoms with Crippen molar-refractivity contribution in [3.63, 3.8) is 0 Å². The molecule has 0 aliphatic heterocycles. The molecule has 0 radical (unpaired) electrons. The van der Waals surface area contributed by atoms with Gasteiger partial charge in [-0.15, -0.1) is 0 Å². The number of hydrogen-bond acceptors (Lipinski definition) is 4. The Morgan fingerprint density at radius 2 is 2.29 bits per heavy atom. The first-order valence-corrected chi connectivity index (χ1v) is 6.96. The Morgan fingerprint density at radius 1 is 1.47 bits per heavy atom. The minimum Gasteiger partial charge on any atom is -0.399 e. The molecule has 17 heavy (non-hydrogen) atoms. The van der Waals surface area contributed by atoms with E-state index >= 15 is 0 Å². The molecule has 3 N–H and O–H groups in total. The van der Waals surface area contributed by atoms with Crippen molar-refractivity contribution in [3.8, 4) is 0 Å². The predicted octanol–water partition coefficient (Wildman–Crippen LogP) is 3.48. The zero-order chi connectivity index (χ0) is 11.8. The summed E-state index contributed by atoms with van der Waals surface area (Å²) in [5.74, 6) is 0.826. The van der Waals surface area contributed by atoms with E-state index in [0.29, 0.717) is 6.04 Å². The summed E-state index contributed by atoms with van der Waals surface area (Å²) in [6, 6.07) is 6.41. The SMILES string of the molecule is CC(Nc1nc2ccc(N)cc2s1)C1CCC1. The van der Waals surface area contributed by atoms with E-state index in [9.17, 15) is 0 Å². The van der Waals surface area contributed by atoms with Crippen LogP contribution in [0.2, 0.25) is 0 Å². The van der Waals surface area contributed by atoms with Gasteiger partial charge < -0.3 is 11.1 Å². The molecule has 1 aliphatic rings. The number of nitrogens with one attached hydrogen (secondary N) is 1. The molecule has 1 heterocycles. The summed E-state index contributed by atoms with van der Waals surface area (Å²) < 4.78 is 1.16. The van der Waals surface area contributed by atoms with E-state index in [2.05, 4.69) is 17.2 Å². The first-order chi connectivity index (χ1) is 8.22. The molecule has 0 saturated heterocycles. The maximum atomic E-state index is 5.77. The second-order valence-electron chi connectivity index (χ2n) is 4.87. The molecule has 90 valence electrons. The Labute approximate surface area is 105 Å². The highest BCUT2D eigenvalue weighted by molar-refractivity contribution is 7.22. The summed E-state index contributed by atoms with van der Waals surface area (Å²) in [7, 11) is 0. The Hall–Kier alpha value is -1.29. The fourth-order valence-electron chi connectivity index (χ4n) is 2.26. The number of nitrogens with zero attached hydrogens (tertiary/aromatic N) is 1. The highest BCUT2D eigenvalue weighted by Gasteiger charge is 2.24. The molecule has 1 unspecified atom stereocenters. The molecule has 3 nitrogen and oxygen atoms in total. The van der Waals surface area contributed by atoms with Crippen molar-refractivity contribution in [1.82, 2.24) is 4.98 Å². The molecule has 2 aromatic rings. The second-order valence-corrected chi connectivity index (χ2v) is 5.90. The topological polar surface area (TPSA) is 50.9 Å². The highest BCUT2D eigenvalue weighted by Crippen LogP contribution is 2.33. The van der Waals surface area contributed by atoms with Crippen molar-refractivity contribution >= 4 is 32.4 Å². The molecular weight excluding hydrogens is 230 g/mol. The van der Waals surface area contributed by atoms with Crippen LogP contribution in [0, 0.1) is 5.92 Å². The second kappa shape index (κ2) is 4.18. The lowest BCUT2D eigenvalue weighted by Gasteiger charge is -2.31. The van der Waals surface area contributed by atoms with E-state index in [1.165, 1.54) is 19.3 Å². The number of anilines is 2. The predicted molar refractivity (Wildman–Crippen MR) is 74.5 cm³/mol. The van der Waals surface area contributed by atoms with Gasteiger partial charge in [0.25, 0.3) is 0 Å². The van der Waals surface area contributed by atoms with Gasteiger partial charge in [-0.2, -0.15) is 0 Å². The van der Waals surface area contributed by atoms with E-state index in [1.54, 1.807) is 11.3 Å². The Balaban J connectivity index is 1.80. The van der Waals surface area contributed by atoms with Gasteiger partial charge >= 0.3 is 0 Å². The van der Waals surface area contributed by atoms with Gasteiger partial charge in [0.15, 0.2) is 5.13 Å². The molecule has 1 aliphatic carbocycles. The van der Waals surface area contributed by atoms with Crippen molar-refractivity contribution in [1.29, 1.82) is 0 Å². The van der Waals surface area contributed by atoms with Crippen LogP contribution in [0.1, 0.15) is 26.2 Å². The molecule has 0 bridgehead atoms. The molecule has 3 rings (SSSR count). The van der Waals surface area contributed by atoms with E-state index in [-0.39, 0.29) is 0 Å². The van der Waals surface area contributed by atoms with Crippen LogP contribution in [0.3, 0.4) is 0 Å². The van der Waals surface area contributed by atoms with Crippen LogP contribution in [0.5, 0.6) is 0 Å². The quantitative estimate of drug-likeness (QED) is 0.816. The van der Waals surface area contributed by atoms with Crippen LogP contribution >= 0.6 is 11.3 Å². The maximum Gasteiger partial charge on any atom is 0.184 e. The number of benzene rings is 1. The highest BCUT2D eigenvalue weighted by atomic mass is 32.1. The molecule has 1 aromatic heterocycles. The number of hydrogen-bond donors (Lipinski definition) is 2. The van der Waals surface area contributed by atoms with E-state index in [4.69, 9.17) is 5.73 Å². The van der Waals surface area contributed by atoms with E-state index in [0.717, 1.165) is 27.0 Å². The van der Waals surface area contributed by atoms with Crippen molar-refractivity contribution in [3.05, 3.63) is 18.2 Å². The third-order valence-corrected chi connectivity index (χ3v) is 4.57. The van der Waals surface area contributed by atoms with Crippen LogP contribution in [-0.4, -0.2) is 11.0 Å². The van der Waals surface area contributed by atoms with E-state index in [1.807, 2.05) is 18.2 Å².